The van der Waals surface area contributed by atoms with Crippen LogP contribution in [0.25, 0.3) is 0 Å². The molecule has 0 aromatic rings. The molecule has 0 heterocycles. The zero-order valence-corrected chi connectivity index (χ0v) is 8.38. The summed E-state index contributed by atoms with van der Waals surface area (Å²) in [6, 6.07) is 0. The van der Waals surface area contributed by atoms with Gasteiger partial charge in [-0.25, -0.2) is 0 Å². The first-order chi connectivity index (χ1) is 5.84. The van der Waals surface area contributed by atoms with Crippen LogP contribution in [-0.2, 0) is 4.79 Å². The predicted octanol–water partition coefficient (Wildman–Crippen LogP) is 2.78. The van der Waals surface area contributed by atoms with Gasteiger partial charge in [-0.1, -0.05) is 46.3 Å². The van der Waals surface area contributed by atoms with E-state index < -0.39 is 0 Å². The molecule has 0 amide bonds. The lowest BCUT2D eigenvalue weighted by molar-refractivity contribution is -0.112. The van der Waals surface area contributed by atoms with Crippen LogP contribution in [0.15, 0.2) is 36.0 Å². The van der Waals surface area contributed by atoms with Crippen molar-refractivity contribution >= 4 is 21.7 Å². The molecule has 1 rings (SSSR count). The maximum Gasteiger partial charge on any atom is 0.173 e. The van der Waals surface area contributed by atoms with E-state index in [4.69, 9.17) is 0 Å². The molecular formula is C10H11BrO. The SMILES string of the molecule is O=C(CBr)C1=CCC/C=C/C=C1. The topological polar surface area (TPSA) is 17.1 Å². The van der Waals surface area contributed by atoms with Crippen LogP contribution < -0.4 is 0 Å². The highest BCUT2D eigenvalue weighted by molar-refractivity contribution is 9.09. The summed E-state index contributed by atoms with van der Waals surface area (Å²) in [6.07, 6.45) is 11.8. The fraction of sp³-hybridized carbons (Fsp3) is 0.300. The van der Waals surface area contributed by atoms with E-state index in [0.717, 1.165) is 18.4 Å². The molecule has 2 heteroatoms. The van der Waals surface area contributed by atoms with Crippen LogP contribution in [0.3, 0.4) is 0 Å². The zero-order valence-electron chi connectivity index (χ0n) is 6.79. The number of allylic oxidation sites excluding steroid dienone is 6. The minimum atomic E-state index is 0.154. The summed E-state index contributed by atoms with van der Waals surface area (Å²) >= 11 is 3.15. The molecule has 1 aliphatic rings. The van der Waals surface area contributed by atoms with Crippen molar-refractivity contribution in [2.75, 3.05) is 5.33 Å². The number of ketones is 1. The van der Waals surface area contributed by atoms with E-state index in [1.807, 2.05) is 24.3 Å². The Labute approximate surface area is 81.0 Å². The van der Waals surface area contributed by atoms with Crippen LogP contribution in [0, 0.1) is 0 Å². The maximum atomic E-state index is 11.2. The molecule has 0 aliphatic heterocycles. The average Bonchev–Trinajstić information content (AvgIpc) is 2.02. The number of rotatable bonds is 2. The number of alkyl halides is 1. The molecule has 0 bridgehead atoms. The Morgan fingerprint density at radius 2 is 2.25 bits per heavy atom. The number of hydrogen-bond donors (Lipinski definition) is 0. The summed E-state index contributed by atoms with van der Waals surface area (Å²) < 4.78 is 0. The Bertz CT molecular complexity index is 249. The van der Waals surface area contributed by atoms with Gasteiger partial charge in [0.1, 0.15) is 0 Å². The first kappa shape index (κ1) is 9.46. The Hall–Kier alpha value is -0.630. The van der Waals surface area contributed by atoms with Crippen molar-refractivity contribution in [2.24, 2.45) is 0 Å². The van der Waals surface area contributed by atoms with Crippen molar-refractivity contribution in [3.05, 3.63) is 36.0 Å². The van der Waals surface area contributed by atoms with Gasteiger partial charge in [0.15, 0.2) is 5.78 Å². The van der Waals surface area contributed by atoms with Crippen molar-refractivity contribution < 1.29 is 4.79 Å². The molecule has 0 fully saturated rings. The van der Waals surface area contributed by atoms with Crippen LogP contribution in [0.4, 0.5) is 0 Å². The van der Waals surface area contributed by atoms with Crippen LogP contribution in [0.1, 0.15) is 12.8 Å². The van der Waals surface area contributed by atoms with Gasteiger partial charge in [0, 0.05) is 5.57 Å². The Morgan fingerprint density at radius 1 is 1.42 bits per heavy atom. The summed E-state index contributed by atoms with van der Waals surface area (Å²) in [7, 11) is 0. The van der Waals surface area contributed by atoms with Gasteiger partial charge in [0.2, 0.25) is 0 Å². The average molecular weight is 227 g/mol. The van der Waals surface area contributed by atoms with E-state index >= 15 is 0 Å². The normalized spacial score (nSPS) is 19.2. The van der Waals surface area contributed by atoms with Crippen LogP contribution in [0.2, 0.25) is 0 Å². The Balaban J connectivity index is 2.74. The van der Waals surface area contributed by atoms with Gasteiger partial charge in [-0.15, -0.1) is 0 Å². The molecule has 0 saturated carbocycles. The van der Waals surface area contributed by atoms with Crippen LogP contribution in [-0.4, -0.2) is 11.1 Å². The quantitative estimate of drug-likeness (QED) is 0.663. The number of carbonyl (C=O) groups excluding carboxylic acids is 1. The van der Waals surface area contributed by atoms with Crippen molar-refractivity contribution in [1.82, 2.24) is 0 Å². The van der Waals surface area contributed by atoms with Gasteiger partial charge in [0.05, 0.1) is 5.33 Å². The third kappa shape index (κ3) is 2.78. The van der Waals surface area contributed by atoms with E-state index in [1.165, 1.54) is 0 Å². The summed E-state index contributed by atoms with van der Waals surface area (Å²) in [5.41, 5.74) is 0.816. The molecule has 0 saturated heterocycles. The van der Waals surface area contributed by atoms with Crippen molar-refractivity contribution in [2.45, 2.75) is 12.8 Å². The molecule has 0 aromatic carbocycles. The standard InChI is InChI=1S/C10H11BrO/c11-8-10(12)9-6-4-2-1-3-5-7-9/h1-2,4,6-7H,3,5,8H2/b2-1+,6-4?,9-7?. The second-order valence-electron chi connectivity index (χ2n) is 2.58. The van der Waals surface area contributed by atoms with Crippen molar-refractivity contribution in [3.63, 3.8) is 0 Å². The first-order valence-electron chi connectivity index (χ1n) is 3.97. The molecule has 12 heavy (non-hydrogen) atoms. The monoisotopic (exact) mass is 226 g/mol. The lowest BCUT2D eigenvalue weighted by atomic mass is 10.1. The lowest BCUT2D eigenvalue weighted by Gasteiger charge is -1.99. The molecule has 0 spiro atoms. The molecule has 0 atom stereocenters. The molecule has 0 N–H and O–H groups in total. The molecule has 0 radical (unpaired) electrons. The number of Topliss-reactive ketones (excluding diaryl/α,β-unsaturated/α-hetero) is 1. The van der Waals surface area contributed by atoms with Gasteiger partial charge < -0.3 is 0 Å². The number of halogens is 1. The predicted molar refractivity (Wildman–Crippen MR) is 54.4 cm³/mol. The van der Waals surface area contributed by atoms with E-state index in [0.29, 0.717) is 5.33 Å². The molecule has 1 aliphatic carbocycles. The largest absolute Gasteiger partial charge is 0.293 e. The first-order valence-corrected chi connectivity index (χ1v) is 5.09. The van der Waals surface area contributed by atoms with E-state index in [9.17, 15) is 4.79 Å². The molecule has 0 unspecified atom stereocenters. The van der Waals surface area contributed by atoms with Crippen LogP contribution >= 0.6 is 15.9 Å². The van der Waals surface area contributed by atoms with Gasteiger partial charge in [0.25, 0.3) is 0 Å². The van der Waals surface area contributed by atoms with Crippen molar-refractivity contribution in [3.8, 4) is 0 Å². The summed E-state index contributed by atoms with van der Waals surface area (Å²) in [5.74, 6) is 0.154. The van der Waals surface area contributed by atoms with Gasteiger partial charge in [-0.3, -0.25) is 4.79 Å². The van der Waals surface area contributed by atoms with E-state index in [2.05, 4.69) is 22.0 Å². The molecule has 1 nitrogen and oxygen atoms in total. The minimum absolute atomic E-state index is 0.154. The second-order valence-corrected chi connectivity index (χ2v) is 3.14. The van der Waals surface area contributed by atoms with Crippen LogP contribution in [0.5, 0.6) is 0 Å². The molecular weight excluding hydrogens is 216 g/mol. The summed E-state index contributed by atoms with van der Waals surface area (Å²) in [6.45, 7) is 0. The minimum Gasteiger partial charge on any atom is -0.293 e. The fourth-order valence-corrected chi connectivity index (χ4v) is 1.34. The number of carbonyl (C=O) groups is 1. The Morgan fingerprint density at radius 3 is 3.00 bits per heavy atom. The van der Waals surface area contributed by atoms with Gasteiger partial charge in [-0.05, 0) is 12.8 Å². The summed E-state index contributed by atoms with van der Waals surface area (Å²) in [4.78, 5) is 11.2. The second kappa shape index (κ2) is 5.09. The third-order valence-corrected chi connectivity index (χ3v) is 2.17. The summed E-state index contributed by atoms with van der Waals surface area (Å²) in [5, 5.41) is 0.410. The van der Waals surface area contributed by atoms with E-state index in [-0.39, 0.29) is 5.78 Å². The molecule has 64 valence electrons. The fourth-order valence-electron chi connectivity index (χ4n) is 1.02. The zero-order chi connectivity index (χ0) is 8.81. The lowest BCUT2D eigenvalue weighted by Crippen LogP contribution is -2.01. The molecule has 0 aromatic heterocycles. The third-order valence-electron chi connectivity index (χ3n) is 1.66. The van der Waals surface area contributed by atoms with E-state index in [1.54, 1.807) is 0 Å². The highest BCUT2D eigenvalue weighted by Gasteiger charge is 2.03. The highest BCUT2D eigenvalue weighted by Crippen LogP contribution is 2.08. The van der Waals surface area contributed by atoms with Gasteiger partial charge >= 0.3 is 0 Å². The highest BCUT2D eigenvalue weighted by atomic mass is 79.9. The smallest absolute Gasteiger partial charge is 0.173 e. The maximum absolute atomic E-state index is 11.2. The van der Waals surface area contributed by atoms with Crippen molar-refractivity contribution in [1.29, 1.82) is 0 Å². The van der Waals surface area contributed by atoms with Gasteiger partial charge in [-0.2, -0.15) is 0 Å². The Kier molecular flexibility index (Phi) is 4.01. The number of hydrogen-bond acceptors (Lipinski definition) is 1.